The molecule has 0 unspecified atom stereocenters. The number of nitro groups is 1. The van der Waals surface area contributed by atoms with Crippen LogP contribution in [-0.4, -0.2) is 35.7 Å². The van der Waals surface area contributed by atoms with Crippen LogP contribution in [0.5, 0.6) is 17.2 Å². The van der Waals surface area contributed by atoms with Crippen LogP contribution in [0.3, 0.4) is 0 Å². The number of anilines is 1. The van der Waals surface area contributed by atoms with Crippen LogP contribution >= 0.6 is 0 Å². The average Bonchev–Trinajstić information content (AvgIpc) is 3.46. The zero-order chi connectivity index (χ0) is 28.8. The number of hydrogen-bond donors (Lipinski definition) is 2. The quantitative estimate of drug-likeness (QED) is 0.106. The first-order valence-electron chi connectivity index (χ1n) is 12.1. The summed E-state index contributed by atoms with van der Waals surface area (Å²) < 4.78 is 16.0. The minimum Gasteiger partial charge on any atom is -0.454 e. The van der Waals surface area contributed by atoms with E-state index in [0.29, 0.717) is 28.3 Å². The molecule has 0 radical (unpaired) electrons. The number of nitro benzene ring substituents is 1. The molecule has 0 spiro atoms. The lowest BCUT2D eigenvalue weighted by Crippen LogP contribution is -2.18. The predicted molar refractivity (Wildman–Crippen MR) is 147 cm³/mol. The highest BCUT2D eigenvalue weighted by Crippen LogP contribution is 2.32. The first-order chi connectivity index (χ1) is 19.9. The second kappa shape index (κ2) is 11.8. The first kappa shape index (κ1) is 26.6. The van der Waals surface area contributed by atoms with Gasteiger partial charge in [-0.1, -0.05) is 18.2 Å². The lowest BCUT2D eigenvalue weighted by Gasteiger charge is -2.08. The van der Waals surface area contributed by atoms with E-state index in [1.807, 2.05) is 0 Å². The number of para-hydroxylation sites is 1. The fraction of sp³-hybridized carbons (Fsp3) is 0.0345. The molecule has 0 bridgehead atoms. The van der Waals surface area contributed by atoms with Gasteiger partial charge in [-0.25, -0.2) is 10.2 Å². The predicted octanol–water partition coefficient (Wildman–Crippen LogP) is 4.56. The van der Waals surface area contributed by atoms with Crippen molar-refractivity contribution in [3.05, 3.63) is 123 Å². The van der Waals surface area contributed by atoms with E-state index in [-0.39, 0.29) is 29.4 Å². The highest BCUT2D eigenvalue weighted by Gasteiger charge is 2.17. The molecule has 0 atom stereocenters. The van der Waals surface area contributed by atoms with Crippen molar-refractivity contribution < 1.29 is 33.5 Å². The van der Waals surface area contributed by atoms with Crippen molar-refractivity contribution in [2.45, 2.75) is 0 Å². The lowest BCUT2D eigenvalue weighted by atomic mass is 10.1. The van der Waals surface area contributed by atoms with E-state index in [1.54, 1.807) is 60.7 Å². The Balaban J connectivity index is 1.21. The third-order valence-corrected chi connectivity index (χ3v) is 5.82. The van der Waals surface area contributed by atoms with Crippen LogP contribution in [0.1, 0.15) is 36.6 Å². The van der Waals surface area contributed by atoms with Gasteiger partial charge in [0.25, 0.3) is 17.5 Å². The van der Waals surface area contributed by atoms with Gasteiger partial charge in [-0.3, -0.25) is 19.7 Å². The van der Waals surface area contributed by atoms with Gasteiger partial charge in [0.15, 0.2) is 11.5 Å². The highest BCUT2D eigenvalue weighted by atomic mass is 16.7. The van der Waals surface area contributed by atoms with Gasteiger partial charge in [-0.2, -0.15) is 5.10 Å². The molecule has 5 rings (SSSR count). The Morgan fingerprint density at radius 2 is 1.56 bits per heavy atom. The normalized spacial score (nSPS) is 11.6. The number of rotatable bonds is 8. The standard InChI is InChI=1S/C29H20N4O8/c34-27(20-10-13-25-26(15-20)40-17-39-25)31-22-6-3-5-19(14-22)28(35)32-30-16-21-4-1-2-7-24(21)41-29(36)18-8-11-23(12-9-18)33(37)38/h1-16H,17H2,(H,31,34)(H,32,35). The molecular formula is C29H20N4O8. The molecule has 4 aromatic carbocycles. The summed E-state index contributed by atoms with van der Waals surface area (Å²) in [6.07, 6.45) is 1.31. The Morgan fingerprint density at radius 3 is 2.37 bits per heavy atom. The summed E-state index contributed by atoms with van der Waals surface area (Å²) in [5, 5.41) is 17.5. The molecule has 12 heteroatoms. The van der Waals surface area contributed by atoms with E-state index in [1.165, 1.54) is 36.5 Å². The van der Waals surface area contributed by atoms with E-state index < -0.39 is 22.7 Å². The maximum atomic E-state index is 12.7. The van der Waals surface area contributed by atoms with Gasteiger partial charge in [0, 0.05) is 34.5 Å². The summed E-state index contributed by atoms with van der Waals surface area (Å²) in [5.74, 6) is -0.441. The average molecular weight is 552 g/mol. The molecule has 0 saturated heterocycles. The molecule has 1 aliphatic heterocycles. The van der Waals surface area contributed by atoms with Gasteiger partial charge < -0.3 is 19.5 Å². The van der Waals surface area contributed by atoms with E-state index in [2.05, 4.69) is 15.8 Å². The number of non-ortho nitro benzene ring substituents is 1. The lowest BCUT2D eigenvalue weighted by molar-refractivity contribution is -0.384. The zero-order valence-corrected chi connectivity index (χ0v) is 21.1. The number of benzene rings is 4. The Hall–Kier alpha value is -6.04. The smallest absolute Gasteiger partial charge is 0.343 e. The minimum absolute atomic E-state index is 0.0962. The summed E-state index contributed by atoms with van der Waals surface area (Å²) in [7, 11) is 0. The van der Waals surface area contributed by atoms with Crippen molar-refractivity contribution in [2.75, 3.05) is 12.1 Å². The molecule has 0 fully saturated rings. The van der Waals surface area contributed by atoms with Crippen LogP contribution in [0.15, 0.2) is 96.1 Å². The van der Waals surface area contributed by atoms with E-state index in [4.69, 9.17) is 14.2 Å². The third kappa shape index (κ3) is 6.34. The minimum atomic E-state index is -0.718. The molecular weight excluding hydrogens is 532 g/mol. The van der Waals surface area contributed by atoms with Crippen LogP contribution < -0.4 is 25.0 Å². The van der Waals surface area contributed by atoms with Gasteiger partial charge in [0.05, 0.1) is 16.7 Å². The Morgan fingerprint density at radius 1 is 0.829 bits per heavy atom. The summed E-state index contributed by atoms with van der Waals surface area (Å²) in [6.45, 7) is 0.0962. The van der Waals surface area contributed by atoms with Crippen molar-refractivity contribution in [1.82, 2.24) is 5.43 Å². The number of carbonyl (C=O) groups is 3. The van der Waals surface area contributed by atoms with Crippen molar-refractivity contribution in [1.29, 1.82) is 0 Å². The maximum absolute atomic E-state index is 12.7. The monoisotopic (exact) mass is 552 g/mol. The topological polar surface area (TPSA) is 158 Å². The number of nitrogens with one attached hydrogen (secondary N) is 2. The van der Waals surface area contributed by atoms with Crippen molar-refractivity contribution in [2.24, 2.45) is 5.10 Å². The van der Waals surface area contributed by atoms with E-state index in [9.17, 15) is 24.5 Å². The second-order valence-corrected chi connectivity index (χ2v) is 8.53. The number of ether oxygens (including phenoxy) is 3. The van der Waals surface area contributed by atoms with E-state index >= 15 is 0 Å². The summed E-state index contributed by atoms with van der Waals surface area (Å²) in [4.78, 5) is 48.1. The van der Waals surface area contributed by atoms with Gasteiger partial charge in [-0.05, 0) is 60.7 Å². The maximum Gasteiger partial charge on any atom is 0.343 e. The fourth-order valence-corrected chi connectivity index (χ4v) is 3.76. The molecule has 0 aliphatic carbocycles. The molecule has 1 aliphatic rings. The van der Waals surface area contributed by atoms with E-state index in [0.717, 1.165) is 0 Å². The summed E-state index contributed by atoms with van der Waals surface area (Å²) in [5.41, 5.74) is 3.77. The number of carbonyl (C=O) groups excluding carboxylic acids is 3. The van der Waals surface area contributed by atoms with Crippen LogP contribution in [0.25, 0.3) is 0 Å². The molecule has 204 valence electrons. The van der Waals surface area contributed by atoms with Crippen LogP contribution in [0.4, 0.5) is 11.4 Å². The molecule has 2 amide bonds. The molecule has 0 saturated carbocycles. The molecule has 12 nitrogen and oxygen atoms in total. The van der Waals surface area contributed by atoms with Gasteiger partial charge >= 0.3 is 5.97 Å². The number of nitrogens with zero attached hydrogens (tertiary/aromatic N) is 2. The molecule has 0 aromatic heterocycles. The van der Waals surface area contributed by atoms with Crippen LogP contribution in [0, 0.1) is 10.1 Å². The van der Waals surface area contributed by atoms with Crippen LogP contribution in [0.2, 0.25) is 0 Å². The van der Waals surface area contributed by atoms with Crippen molar-refractivity contribution in [3.63, 3.8) is 0 Å². The second-order valence-electron chi connectivity index (χ2n) is 8.53. The Labute approximate surface area is 232 Å². The Kier molecular flexibility index (Phi) is 7.63. The number of hydrazone groups is 1. The number of hydrogen-bond acceptors (Lipinski definition) is 9. The number of esters is 1. The van der Waals surface area contributed by atoms with Crippen molar-refractivity contribution >= 4 is 35.4 Å². The van der Waals surface area contributed by atoms with Crippen molar-refractivity contribution in [3.8, 4) is 17.2 Å². The molecule has 41 heavy (non-hydrogen) atoms. The van der Waals surface area contributed by atoms with Gasteiger partial charge in [0.2, 0.25) is 6.79 Å². The molecule has 4 aromatic rings. The largest absolute Gasteiger partial charge is 0.454 e. The summed E-state index contributed by atoms with van der Waals surface area (Å²) >= 11 is 0. The van der Waals surface area contributed by atoms with Crippen LogP contribution in [-0.2, 0) is 0 Å². The molecule has 1 heterocycles. The number of fused-ring (bicyclic) bond motifs is 1. The fourth-order valence-electron chi connectivity index (χ4n) is 3.76. The molecule has 2 N–H and O–H groups in total. The van der Waals surface area contributed by atoms with Gasteiger partial charge in [0.1, 0.15) is 5.75 Å². The number of amides is 2. The zero-order valence-electron chi connectivity index (χ0n) is 21.1. The summed E-state index contributed by atoms with van der Waals surface area (Å²) in [6, 6.07) is 22.6. The third-order valence-electron chi connectivity index (χ3n) is 5.82. The Bertz CT molecular complexity index is 1680. The SMILES string of the molecule is O=C(NN=Cc1ccccc1OC(=O)c1ccc([N+](=O)[O-])cc1)c1cccc(NC(=O)c2ccc3c(c2)OCO3)c1. The van der Waals surface area contributed by atoms with Gasteiger partial charge in [-0.15, -0.1) is 0 Å². The highest BCUT2D eigenvalue weighted by molar-refractivity contribution is 6.05. The first-order valence-corrected chi connectivity index (χ1v) is 12.1.